The van der Waals surface area contributed by atoms with Gasteiger partial charge in [0.05, 0.1) is 0 Å². The summed E-state index contributed by atoms with van der Waals surface area (Å²) in [6, 6.07) is 0. The molecule has 0 aromatic heterocycles. The van der Waals surface area contributed by atoms with Crippen LogP contribution in [0.1, 0.15) is 6.92 Å². The Kier molecular flexibility index (Phi) is 2.76. The molecule has 0 fully saturated rings. The first-order chi connectivity index (χ1) is 4.67. The van der Waals surface area contributed by atoms with Gasteiger partial charge in [0.15, 0.2) is 0 Å². The van der Waals surface area contributed by atoms with E-state index in [1.54, 1.807) is 0 Å². The largest absolute Gasteiger partial charge is 0.423 e. The summed E-state index contributed by atoms with van der Waals surface area (Å²) in [6.45, 7) is -4.13. The van der Waals surface area contributed by atoms with Crippen LogP contribution in [0.4, 0.5) is 26.3 Å². The standard InChI is InChI=1S/C4H4F6O/c1-3(7,8)4(9,10)11-2(5)6/h2H,1H3. The van der Waals surface area contributed by atoms with E-state index in [1.165, 1.54) is 0 Å². The normalized spacial score (nSPS) is 14.2. The maximum absolute atomic E-state index is 11.7. The van der Waals surface area contributed by atoms with E-state index in [0.717, 1.165) is 0 Å². The first-order valence-electron chi connectivity index (χ1n) is 2.38. The van der Waals surface area contributed by atoms with Gasteiger partial charge in [-0.05, 0) is 0 Å². The Labute approximate surface area is 57.9 Å². The molecule has 0 aromatic rings. The third-order valence-electron chi connectivity index (χ3n) is 0.748. The van der Waals surface area contributed by atoms with E-state index in [0.29, 0.717) is 0 Å². The Bertz CT molecular complexity index is 127. The molecule has 0 unspecified atom stereocenters. The second kappa shape index (κ2) is 2.88. The molecule has 0 spiro atoms. The maximum Gasteiger partial charge on any atom is 0.423 e. The molecular formula is C4H4F6O. The van der Waals surface area contributed by atoms with Crippen molar-refractivity contribution in [1.29, 1.82) is 0 Å². The molecule has 0 N–H and O–H groups in total. The van der Waals surface area contributed by atoms with Crippen molar-refractivity contribution in [3.63, 3.8) is 0 Å². The molecule has 0 aliphatic heterocycles. The maximum atomic E-state index is 11.7. The lowest BCUT2D eigenvalue weighted by Crippen LogP contribution is -2.41. The van der Waals surface area contributed by atoms with E-state index in [2.05, 4.69) is 4.74 Å². The topological polar surface area (TPSA) is 9.23 Å². The van der Waals surface area contributed by atoms with E-state index in [1.807, 2.05) is 0 Å². The summed E-state index contributed by atoms with van der Waals surface area (Å²) in [6.07, 6.45) is -5.12. The van der Waals surface area contributed by atoms with Crippen molar-refractivity contribution in [2.45, 2.75) is 25.6 Å². The van der Waals surface area contributed by atoms with E-state index in [-0.39, 0.29) is 6.92 Å². The molecule has 1 nitrogen and oxygen atoms in total. The molecule has 0 aromatic carbocycles. The van der Waals surface area contributed by atoms with Crippen molar-refractivity contribution < 1.29 is 31.1 Å². The van der Waals surface area contributed by atoms with Crippen molar-refractivity contribution in [3.8, 4) is 0 Å². The van der Waals surface area contributed by atoms with Crippen LogP contribution in [0.5, 0.6) is 0 Å². The average molecular weight is 182 g/mol. The number of alkyl halides is 6. The van der Waals surface area contributed by atoms with Gasteiger partial charge in [-0.3, -0.25) is 4.74 Å². The predicted molar refractivity (Wildman–Crippen MR) is 22.7 cm³/mol. The summed E-state index contributed by atoms with van der Waals surface area (Å²) in [5, 5.41) is 0. The number of ether oxygens (including phenoxy) is 1. The van der Waals surface area contributed by atoms with Gasteiger partial charge in [0, 0.05) is 6.92 Å². The second-order valence-corrected chi connectivity index (χ2v) is 1.78. The minimum absolute atomic E-state index is 0.213. The highest BCUT2D eigenvalue weighted by Gasteiger charge is 2.55. The molecule has 0 saturated heterocycles. The summed E-state index contributed by atoms with van der Waals surface area (Å²) in [5.74, 6) is -4.61. The zero-order valence-corrected chi connectivity index (χ0v) is 5.25. The smallest absolute Gasteiger partial charge is 0.253 e. The van der Waals surface area contributed by atoms with Gasteiger partial charge < -0.3 is 0 Å². The van der Waals surface area contributed by atoms with Crippen LogP contribution in [0.15, 0.2) is 0 Å². The van der Waals surface area contributed by atoms with Crippen molar-refractivity contribution in [2.24, 2.45) is 0 Å². The van der Waals surface area contributed by atoms with Crippen LogP contribution in [-0.2, 0) is 4.74 Å². The molecule has 0 atom stereocenters. The zero-order chi connectivity index (χ0) is 9.28. The lowest BCUT2D eigenvalue weighted by molar-refractivity contribution is -0.389. The zero-order valence-electron chi connectivity index (χ0n) is 5.25. The third kappa shape index (κ3) is 2.96. The Morgan fingerprint density at radius 2 is 1.45 bits per heavy atom. The second-order valence-electron chi connectivity index (χ2n) is 1.78. The summed E-state index contributed by atoms with van der Waals surface area (Å²) < 4.78 is 71.2. The summed E-state index contributed by atoms with van der Waals surface area (Å²) in [7, 11) is 0. The minimum Gasteiger partial charge on any atom is -0.253 e. The van der Waals surface area contributed by atoms with Crippen molar-refractivity contribution >= 4 is 0 Å². The highest BCUT2D eigenvalue weighted by atomic mass is 19.3. The van der Waals surface area contributed by atoms with Crippen LogP contribution in [0.3, 0.4) is 0 Å². The SMILES string of the molecule is CC(F)(F)C(F)(F)OC(F)F. The van der Waals surface area contributed by atoms with Crippen LogP contribution >= 0.6 is 0 Å². The molecule has 0 heterocycles. The molecule has 7 heteroatoms. The molecule has 0 amide bonds. The van der Waals surface area contributed by atoms with Gasteiger partial charge >= 0.3 is 18.6 Å². The van der Waals surface area contributed by atoms with E-state index in [9.17, 15) is 26.3 Å². The van der Waals surface area contributed by atoms with Crippen molar-refractivity contribution in [3.05, 3.63) is 0 Å². The Morgan fingerprint density at radius 3 is 1.55 bits per heavy atom. The van der Waals surface area contributed by atoms with Gasteiger partial charge in [0.25, 0.3) is 0 Å². The van der Waals surface area contributed by atoms with Gasteiger partial charge in [0.2, 0.25) is 0 Å². The van der Waals surface area contributed by atoms with Crippen molar-refractivity contribution in [2.75, 3.05) is 0 Å². The summed E-state index contributed by atoms with van der Waals surface area (Å²) >= 11 is 0. The van der Waals surface area contributed by atoms with Crippen LogP contribution < -0.4 is 0 Å². The fourth-order valence-corrected chi connectivity index (χ4v) is 0.215. The molecule has 68 valence electrons. The van der Waals surface area contributed by atoms with E-state index in [4.69, 9.17) is 0 Å². The number of rotatable bonds is 3. The highest BCUT2D eigenvalue weighted by Crippen LogP contribution is 2.35. The van der Waals surface area contributed by atoms with Gasteiger partial charge in [-0.15, -0.1) is 0 Å². The molecule has 0 radical (unpaired) electrons. The number of halogens is 6. The molecule has 0 bridgehead atoms. The third-order valence-corrected chi connectivity index (χ3v) is 0.748. The minimum atomic E-state index is -5.12. The highest BCUT2D eigenvalue weighted by molar-refractivity contribution is 4.70. The van der Waals surface area contributed by atoms with E-state index >= 15 is 0 Å². The summed E-state index contributed by atoms with van der Waals surface area (Å²) in [4.78, 5) is 0. The first kappa shape index (κ1) is 10.5. The fraction of sp³-hybridized carbons (Fsp3) is 1.00. The first-order valence-corrected chi connectivity index (χ1v) is 2.38. The Morgan fingerprint density at radius 1 is 1.09 bits per heavy atom. The predicted octanol–water partition coefficient (Wildman–Crippen LogP) is 2.47. The quantitative estimate of drug-likeness (QED) is 0.609. The lowest BCUT2D eigenvalue weighted by Gasteiger charge is -2.21. The Hall–Kier alpha value is -0.460. The molecular weight excluding hydrogens is 178 g/mol. The van der Waals surface area contributed by atoms with Crippen LogP contribution in [0, 0.1) is 0 Å². The van der Waals surface area contributed by atoms with Gasteiger partial charge in [0.1, 0.15) is 0 Å². The van der Waals surface area contributed by atoms with Crippen LogP contribution in [0.25, 0.3) is 0 Å². The monoisotopic (exact) mass is 182 g/mol. The molecule has 11 heavy (non-hydrogen) atoms. The lowest BCUT2D eigenvalue weighted by atomic mass is 10.4. The van der Waals surface area contributed by atoms with Crippen LogP contribution in [0.2, 0.25) is 0 Å². The van der Waals surface area contributed by atoms with E-state index < -0.39 is 18.6 Å². The Balaban J connectivity index is 4.22. The fourth-order valence-electron chi connectivity index (χ4n) is 0.215. The molecule has 0 saturated carbocycles. The number of hydrogen-bond donors (Lipinski definition) is 0. The molecule has 0 rings (SSSR count). The molecule has 0 aliphatic carbocycles. The van der Waals surface area contributed by atoms with Gasteiger partial charge in [-0.25, -0.2) is 0 Å². The summed E-state index contributed by atoms with van der Waals surface area (Å²) in [5.41, 5.74) is 0. The average Bonchev–Trinajstić information content (AvgIpc) is 1.56. The number of hydrogen-bond acceptors (Lipinski definition) is 1. The van der Waals surface area contributed by atoms with Gasteiger partial charge in [-0.1, -0.05) is 0 Å². The van der Waals surface area contributed by atoms with Crippen LogP contribution in [-0.4, -0.2) is 18.6 Å². The molecule has 0 aliphatic rings. The van der Waals surface area contributed by atoms with Crippen molar-refractivity contribution in [1.82, 2.24) is 0 Å². The van der Waals surface area contributed by atoms with Gasteiger partial charge in [-0.2, -0.15) is 26.3 Å².